The summed E-state index contributed by atoms with van der Waals surface area (Å²) in [4.78, 5) is 24.8. The highest BCUT2D eigenvalue weighted by Crippen LogP contribution is 2.42. The Morgan fingerprint density at radius 1 is 0.750 bits per heavy atom. The number of phenols is 1. The van der Waals surface area contributed by atoms with Crippen LogP contribution in [-0.4, -0.2) is 27.8 Å². The Hall–Kier alpha value is -6.98. The number of aromatic carboxylic acids is 1. The molecule has 8 rings (SSSR count). The number of nitrogens with zero attached hydrogens (tertiary/aromatic N) is 1. The number of carboxylic acids is 1. The quantitative estimate of drug-likeness (QED) is 0.0199. The van der Waals surface area contributed by atoms with E-state index in [1.165, 1.54) is 30.3 Å². The van der Waals surface area contributed by atoms with Gasteiger partial charge in [-0.2, -0.15) is 4.57 Å². The summed E-state index contributed by atoms with van der Waals surface area (Å²) >= 11 is 5.61. The molecule has 0 saturated carbocycles. The number of benzene rings is 6. The summed E-state index contributed by atoms with van der Waals surface area (Å²) in [6.45, 7) is 1.38. The average molecular weight is 761 g/mol. The van der Waals surface area contributed by atoms with Gasteiger partial charge in [0.2, 0.25) is 11.2 Å². The van der Waals surface area contributed by atoms with Crippen molar-refractivity contribution in [3.8, 4) is 39.5 Å². The number of carboxylic acid groups (broad SMARTS) is 1. The summed E-state index contributed by atoms with van der Waals surface area (Å²) in [5, 5.41) is 31.1. The molecule has 278 valence electrons. The zero-order chi connectivity index (χ0) is 38.9. The van der Waals surface area contributed by atoms with Gasteiger partial charge in [-0.25, -0.2) is 4.79 Å². The van der Waals surface area contributed by atoms with Crippen LogP contribution in [0.5, 0.6) is 5.75 Å². The first-order chi connectivity index (χ1) is 27.1. The summed E-state index contributed by atoms with van der Waals surface area (Å²) in [6.07, 6.45) is 2.67. The number of anilines is 3. The Balaban J connectivity index is 0.972. The highest BCUT2D eigenvalue weighted by atomic mass is 32.1. The minimum Gasteiger partial charge on any atom is -0.508 e. The first kappa shape index (κ1) is 36.0. The zero-order valence-corrected chi connectivity index (χ0v) is 31.0. The van der Waals surface area contributed by atoms with E-state index in [0.29, 0.717) is 56.4 Å². The number of nitrogens with two attached hydrogens (primary N) is 2. The Morgan fingerprint density at radius 3 is 2.30 bits per heavy atom. The first-order valence-electron chi connectivity index (χ1n) is 18.3. The predicted octanol–water partition coefficient (Wildman–Crippen LogP) is 8.55. The molecule has 6 aromatic rings. The molecule has 0 atom stereocenters. The van der Waals surface area contributed by atoms with E-state index in [9.17, 15) is 19.8 Å². The van der Waals surface area contributed by atoms with Gasteiger partial charge in [0.1, 0.15) is 23.6 Å². The molecule has 1 aliphatic carbocycles. The van der Waals surface area contributed by atoms with Gasteiger partial charge < -0.3 is 36.7 Å². The Kier molecular flexibility index (Phi) is 9.67. The number of fused-ring (bicyclic) bond motifs is 5. The third-order valence-electron chi connectivity index (χ3n) is 10.0. The van der Waals surface area contributed by atoms with E-state index >= 15 is 0 Å². The maximum absolute atomic E-state index is 12.7. The second-order valence-corrected chi connectivity index (χ2v) is 14.2. The average Bonchev–Trinajstić information content (AvgIpc) is 3.18. The third-order valence-corrected chi connectivity index (χ3v) is 10.3. The van der Waals surface area contributed by atoms with Crippen LogP contribution in [0.15, 0.2) is 131 Å². The summed E-state index contributed by atoms with van der Waals surface area (Å²) in [7, 11) is 0. The molecule has 0 amide bonds. The molecule has 11 heteroatoms. The van der Waals surface area contributed by atoms with E-state index in [4.69, 9.17) is 28.1 Å². The van der Waals surface area contributed by atoms with Crippen molar-refractivity contribution in [3.63, 3.8) is 0 Å². The number of aryl methyl sites for hydroxylation is 1. The lowest BCUT2D eigenvalue weighted by atomic mass is 9.90. The number of carbonyl (C=O) groups is 1. The molecule has 0 unspecified atom stereocenters. The minimum atomic E-state index is -1.14. The maximum Gasteiger partial charge on any atom is 0.336 e. The topological polar surface area (TPSA) is 168 Å². The fraction of sp³-hybridized carbons (Fsp3) is 0.111. The van der Waals surface area contributed by atoms with Crippen LogP contribution < -0.4 is 32.1 Å². The first-order valence-corrected chi connectivity index (χ1v) is 18.7. The summed E-state index contributed by atoms with van der Waals surface area (Å²) in [5.41, 5.74) is 19.5. The third kappa shape index (κ3) is 7.03. The van der Waals surface area contributed by atoms with Crippen LogP contribution in [0.25, 0.3) is 66.4 Å². The number of nitrogen functional groups attached to an aromatic ring is 2. The molecular weight excluding hydrogens is 723 g/mol. The number of rotatable bonds is 10. The van der Waals surface area contributed by atoms with Crippen LogP contribution in [0.2, 0.25) is 0 Å². The highest BCUT2D eigenvalue weighted by Gasteiger charge is 2.25. The predicted molar refractivity (Wildman–Crippen MR) is 227 cm³/mol. The summed E-state index contributed by atoms with van der Waals surface area (Å²) in [5.74, 6) is -0.872. The monoisotopic (exact) mass is 760 g/mol. The standard InChI is InChI=1S/C45H37N5O5S/c46-27-9-14-32-33-15-10-28(47)22-39(33)50(43(37(32)21-27)26-7-3-1-4-8-26)20-6-2-5-19-48-45(56)49-29-11-16-34(38(23-29)44(53)54)42-35-17-12-30(51)24-40(35)55-41-25-31(52)13-18-36(41)42/h1,3-4,7-18,21-25,47H,2,5-6,19-20,46H2,(H4,48,49,51,52,53,54,56)/p+1. The molecule has 0 spiro atoms. The van der Waals surface area contributed by atoms with E-state index in [1.807, 2.05) is 42.5 Å². The maximum atomic E-state index is 12.7. The van der Waals surface area contributed by atoms with E-state index in [-0.39, 0.29) is 22.5 Å². The van der Waals surface area contributed by atoms with Gasteiger partial charge in [-0.3, -0.25) is 4.79 Å². The largest absolute Gasteiger partial charge is 0.508 e. The van der Waals surface area contributed by atoms with E-state index < -0.39 is 5.97 Å². The van der Waals surface area contributed by atoms with E-state index in [0.717, 1.165) is 58.7 Å². The van der Waals surface area contributed by atoms with Crippen LogP contribution >= 0.6 is 12.2 Å². The summed E-state index contributed by atoms with van der Waals surface area (Å²) in [6, 6.07) is 36.5. The van der Waals surface area contributed by atoms with E-state index in [1.54, 1.807) is 24.3 Å². The van der Waals surface area contributed by atoms with Crippen LogP contribution in [0.1, 0.15) is 29.6 Å². The van der Waals surface area contributed by atoms with Crippen molar-refractivity contribution in [1.82, 2.24) is 5.32 Å². The Bertz CT molecular complexity index is 2860. The molecule has 0 bridgehead atoms. The number of aromatic hydroxyl groups is 1. The molecule has 0 saturated heterocycles. The van der Waals surface area contributed by atoms with Gasteiger partial charge in [0.05, 0.1) is 16.3 Å². The van der Waals surface area contributed by atoms with Crippen molar-refractivity contribution in [1.29, 1.82) is 0 Å². The molecule has 0 fully saturated rings. The van der Waals surface area contributed by atoms with Gasteiger partial charge in [-0.1, -0.05) is 30.3 Å². The van der Waals surface area contributed by atoms with Crippen LogP contribution in [0, 0.1) is 0 Å². The molecule has 56 heavy (non-hydrogen) atoms. The van der Waals surface area contributed by atoms with Crippen molar-refractivity contribution in [2.45, 2.75) is 25.8 Å². The number of hydrogen-bond donors (Lipinski definition) is 6. The summed E-state index contributed by atoms with van der Waals surface area (Å²) < 4.78 is 8.29. The number of pyridine rings is 1. The van der Waals surface area contributed by atoms with Gasteiger partial charge in [-0.15, -0.1) is 0 Å². The van der Waals surface area contributed by atoms with Crippen molar-refractivity contribution in [3.05, 3.63) is 137 Å². The van der Waals surface area contributed by atoms with E-state index in [2.05, 4.69) is 39.5 Å². The number of unbranched alkanes of at least 4 members (excludes halogenated alkanes) is 2. The Morgan fingerprint density at radius 2 is 1.50 bits per heavy atom. The smallest absolute Gasteiger partial charge is 0.336 e. The molecule has 2 aliphatic rings. The number of phenolic OH excluding ortho intramolecular Hbond substituents is 1. The fourth-order valence-corrected chi connectivity index (χ4v) is 7.73. The van der Waals surface area contributed by atoms with Gasteiger partial charge in [-0.05, 0) is 103 Å². The normalized spacial score (nSPS) is 11.4. The van der Waals surface area contributed by atoms with Crippen molar-refractivity contribution < 1.29 is 24.0 Å². The highest BCUT2D eigenvalue weighted by molar-refractivity contribution is 7.80. The zero-order valence-electron chi connectivity index (χ0n) is 30.2. The number of hydrogen-bond acceptors (Lipinski definition) is 7. The number of thiocarbonyl (C=S) groups is 1. The van der Waals surface area contributed by atoms with Crippen LogP contribution in [0.4, 0.5) is 17.1 Å². The van der Waals surface area contributed by atoms with Crippen LogP contribution in [0.3, 0.4) is 0 Å². The SMILES string of the molecule is Nc1ccc2c(c1)c(-c1ccccc1)[n+](CCCCCNC(=S)Nc1ccc(-c3c4ccc(=O)cc-4oc4cc(O)ccc34)c(C(=O)O)c1)c1cc(N)ccc21. The van der Waals surface area contributed by atoms with Crippen molar-refractivity contribution in [2.24, 2.45) is 0 Å². The molecule has 10 nitrogen and oxygen atoms in total. The second kappa shape index (κ2) is 15.0. The Labute approximate surface area is 327 Å². The van der Waals surface area contributed by atoms with Crippen molar-refractivity contribution >= 4 is 73.0 Å². The lowest BCUT2D eigenvalue weighted by molar-refractivity contribution is -0.659. The molecule has 2 heterocycles. The molecule has 8 N–H and O–H groups in total. The van der Waals surface area contributed by atoms with Gasteiger partial charge in [0.25, 0.3) is 0 Å². The number of aromatic nitrogens is 1. The minimum absolute atomic E-state index is 0.0185. The molecule has 5 aromatic carbocycles. The second-order valence-electron chi connectivity index (χ2n) is 13.8. The van der Waals surface area contributed by atoms with Gasteiger partial charge in [0.15, 0.2) is 10.5 Å². The van der Waals surface area contributed by atoms with Crippen LogP contribution in [-0.2, 0) is 6.54 Å². The number of nitrogens with one attached hydrogen (secondary N) is 2. The lowest BCUT2D eigenvalue weighted by Crippen LogP contribution is -2.38. The van der Waals surface area contributed by atoms with Gasteiger partial charge in [0, 0.05) is 75.7 Å². The fourth-order valence-electron chi connectivity index (χ4n) is 7.51. The van der Waals surface area contributed by atoms with Crippen molar-refractivity contribution in [2.75, 3.05) is 23.3 Å². The molecule has 1 aromatic heterocycles. The lowest BCUT2D eigenvalue weighted by Gasteiger charge is -2.18. The molecular formula is C45H38N5O5S+. The molecule has 0 radical (unpaired) electrons. The molecule has 1 aliphatic heterocycles. The van der Waals surface area contributed by atoms with Gasteiger partial charge >= 0.3 is 5.97 Å².